The molecule has 0 saturated heterocycles. The maximum atomic E-state index is 12.0. The van der Waals surface area contributed by atoms with Crippen molar-refractivity contribution < 1.29 is 9.53 Å². The van der Waals surface area contributed by atoms with Gasteiger partial charge in [0, 0.05) is 5.92 Å². The van der Waals surface area contributed by atoms with E-state index in [-0.39, 0.29) is 11.8 Å². The lowest BCUT2D eigenvalue weighted by Crippen LogP contribution is -2.33. The number of carbonyl (C=O) groups excluding carboxylic acids is 1. The van der Waals surface area contributed by atoms with Gasteiger partial charge in [-0.15, -0.1) is 0 Å². The first-order valence-electron chi connectivity index (χ1n) is 7.44. The van der Waals surface area contributed by atoms with Crippen molar-refractivity contribution in [1.82, 2.24) is 5.32 Å². The van der Waals surface area contributed by atoms with Crippen molar-refractivity contribution in [2.24, 2.45) is 5.92 Å². The molecule has 1 aromatic carbocycles. The zero-order valence-electron chi connectivity index (χ0n) is 12.5. The first-order chi connectivity index (χ1) is 9.69. The van der Waals surface area contributed by atoms with Crippen LogP contribution in [0.25, 0.3) is 0 Å². The highest BCUT2D eigenvalue weighted by molar-refractivity contribution is 5.78. The molecule has 20 heavy (non-hydrogen) atoms. The maximum Gasteiger partial charge on any atom is 0.223 e. The Balaban J connectivity index is 2.29. The fourth-order valence-corrected chi connectivity index (χ4v) is 2.19. The lowest BCUT2D eigenvalue weighted by atomic mass is 9.97. The van der Waals surface area contributed by atoms with Crippen molar-refractivity contribution in [2.75, 3.05) is 18.9 Å². The van der Waals surface area contributed by atoms with Gasteiger partial charge in [-0.2, -0.15) is 0 Å². The number of benzene rings is 1. The molecule has 1 amide bonds. The van der Waals surface area contributed by atoms with Crippen molar-refractivity contribution in [3.8, 4) is 5.75 Å². The molecule has 0 aliphatic heterocycles. The van der Waals surface area contributed by atoms with E-state index in [1.54, 1.807) is 6.07 Å². The van der Waals surface area contributed by atoms with Gasteiger partial charge in [-0.1, -0.05) is 38.8 Å². The topological polar surface area (TPSA) is 64.3 Å². The molecular formula is C16H26N2O2. The van der Waals surface area contributed by atoms with Gasteiger partial charge in [0.05, 0.1) is 12.2 Å². The van der Waals surface area contributed by atoms with E-state index in [4.69, 9.17) is 10.5 Å². The fraction of sp³-hybridized carbons (Fsp3) is 0.562. The molecule has 4 nitrogen and oxygen atoms in total. The van der Waals surface area contributed by atoms with Gasteiger partial charge in [-0.3, -0.25) is 4.79 Å². The van der Waals surface area contributed by atoms with Crippen LogP contribution >= 0.6 is 0 Å². The van der Waals surface area contributed by atoms with E-state index >= 15 is 0 Å². The molecular weight excluding hydrogens is 252 g/mol. The van der Waals surface area contributed by atoms with Crippen LogP contribution in [0.5, 0.6) is 5.75 Å². The first kappa shape index (κ1) is 16.3. The Morgan fingerprint density at radius 2 is 1.90 bits per heavy atom. The highest BCUT2D eigenvalue weighted by Crippen LogP contribution is 2.19. The summed E-state index contributed by atoms with van der Waals surface area (Å²) in [5.74, 6) is 0.936. The monoisotopic (exact) mass is 278 g/mol. The van der Waals surface area contributed by atoms with E-state index in [0.29, 0.717) is 24.6 Å². The normalized spacial score (nSPS) is 10.6. The van der Waals surface area contributed by atoms with Crippen LogP contribution in [0.3, 0.4) is 0 Å². The molecule has 1 rings (SSSR count). The molecule has 0 bridgehead atoms. The largest absolute Gasteiger partial charge is 0.490 e. The highest BCUT2D eigenvalue weighted by Gasteiger charge is 2.15. The third-order valence-electron chi connectivity index (χ3n) is 3.22. The Morgan fingerprint density at radius 1 is 1.25 bits per heavy atom. The minimum atomic E-state index is 0.131. The van der Waals surface area contributed by atoms with Crippen LogP contribution in [0.4, 0.5) is 5.69 Å². The second-order valence-electron chi connectivity index (χ2n) is 4.95. The minimum Gasteiger partial charge on any atom is -0.490 e. The number of para-hydroxylation sites is 2. The third kappa shape index (κ3) is 5.51. The number of nitrogens with two attached hydrogens (primary N) is 1. The van der Waals surface area contributed by atoms with Crippen molar-refractivity contribution in [3.63, 3.8) is 0 Å². The summed E-state index contributed by atoms with van der Waals surface area (Å²) >= 11 is 0. The van der Waals surface area contributed by atoms with Gasteiger partial charge in [0.2, 0.25) is 5.91 Å². The second-order valence-corrected chi connectivity index (χ2v) is 4.95. The number of anilines is 1. The van der Waals surface area contributed by atoms with E-state index < -0.39 is 0 Å². The van der Waals surface area contributed by atoms with E-state index in [1.165, 1.54) is 0 Å². The summed E-state index contributed by atoms with van der Waals surface area (Å²) in [4.78, 5) is 12.0. The molecule has 0 aromatic heterocycles. The lowest BCUT2D eigenvalue weighted by Gasteiger charge is -2.15. The van der Waals surface area contributed by atoms with Gasteiger partial charge in [0.15, 0.2) is 0 Å². The molecule has 3 N–H and O–H groups in total. The molecule has 0 spiro atoms. The summed E-state index contributed by atoms with van der Waals surface area (Å²) in [5, 5.41) is 2.94. The molecule has 0 saturated carbocycles. The average Bonchev–Trinajstić information content (AvgIpc) is 2.45. The van der Waals surface area contributed by atoms with Crippen LogP contribution in [0.2, 0.25) is 0 Å². The molecule has 0 heterocycles. The van der Waals surface area contributed by atoms with Gasteiger partial charge in [0.1, 0.15) is 12.4 Å². The predicted octanol–water partition coefficient (Wildman–Crippen LogP) is 2.98. The number of hydrogen-bond donors (Lipinski definition) is 2. The average molecular weight is 278 g/mol. The molecule has 0 fully saturated rings. The first-order valence-corrected chi connectivity index (χ1v) is 7.44. The van der Waals surface area contributed by atoms with E-state index in [1.807, 2.05) is 18.2 Å². The molecule has 1 aromatic rings. The highest BCUT2D eigenvalue weighted by atomic mass is 16.5. The molecule has 0 atom stereocenters. The SMILES string of the molecule is CCCC(CCC)C(=O)NCCOc1ccccc1N. The van der Waals surface area contributed by atoms with Gasteiger partial charge in [-0.25, -0.2) is 0 Å². The van der Waals surface area contributed by atoms with Crippen LogP contribution in [0.1, 0.15) is 39.5 Å². The Hall–Kier alpha value is -1.71. The number of nitrogens with one attached hydrogen (secondary N) is 1. The fourth-order valence-electron chi connectivity index (χ4n) is 2.19. The molecule has 112 valence electrons. The van der Waals surface area contributed by atoms with Crippen molar-refractivity contribution in [2.45, 2.75) is 39.5 Å². The molecule has 0 aliphatic carbocycles. The van der Waals surface area contributed by atoms with Gasteiger partial charge in [-0.05, 0) is 25.0 Å². The zero-order valence-corrected chi connectivity index (χ0v) is 12.5. The summed E-state index contributed by atoms with van der Waals surface area (Å²) in [6, 6.07) is 7.37. The van der Waals surface area contributed by atoms with Gasteiger partial charge >= 0.3 is 0 Å². The lowest BCUT2D eigenvalue weighted by molar-refractivity contribution is -0.125. The summed E-state index contributed by atoms with van der Waals surface area (Å²) in [6.45, 7) is 5.16. The van der Waals surface area contributed by atoms with Crippen LogP contribution < -0.4 is 15.8 Å². The van der Waals surface area contributed by atoms with Crippen LogP contribution in [-0.4, -0.2) is 19.1 Å². The molecule has 0 aliphatic rings. The van der Waals surface area contributed by atoms with Crippen molar-refractivity contribution >= 4 is 11.6 Å². The second kappa shape index (κ2) is 9.23. The summed E-state index contributed by atoms with van der Waals surface area (Å²) in [7, 11) is 0. The molecule has 0 radical (unpaired) electrons. The van der Waals surface area contributed by atoms with Crippen LogP contribution in [0.15, 0.2) is 24.3 Å². The predicted molar refractivity (Wildman–Crippen MR) is 82.7 cm³/mol. The van der Waals surface area contributed by atoms with E-state index in [9.17, 15) is 4.79 Å². The van der Waals surface area contributed by atoms with E-state index in [2.05, 4.69) is 19.2 Å². The van der Waals surface area contributed by atoms with Gasteiger partial charge in [0.25, 0.3) is 0 Å². The third-order valence-corrected chi connectivity index (χ3v) is 3.22. The minimum absolute atomic E-state index is 0.131. The Kier molecular flexibility index (Phi) is 7.55. The van der Waals surface area contributed by atoms with Crippen molar-refractivity contribution in [1.29, 1.82) is 0 Å². The zero-order chi connectivity index (χ0) is 14.8. The summed E-state index contributed by atoms with van der Waals surface area (Å²) in [6.07, 6.45) is 3.97. The van der Waals surface area contributed by atoms with Gasteiger partial charge < -0.3 is 15.8 Å². The Morgan fingerprint density at radius 3 is 2.50 bits per heavy atom. The number of nitrogen functional groups attached to an aromatic ring is 1. The number of hydrogen-bond acceptors (Lipinski definition) is 3. The Labute approximate surface area is 121 Å². The molecule has 4 heteroatoms. The standard InChI is InChI=1S/C16H26N2O2/c1-3-7-13(8-4-2)16(19)18-11-12-20-15-10-6-5-9-14(15)17/h5-6,9-10,13H,3-4,7-8,11-12,17H2,1-2H3,(H,18,19). The van der Waals surface area contributed by atoms with Crippen molar-refractivity contribution in [3.05, 3.63) is 24.3 Å². The summed E-state index contributed by atoms with van der Waals surface area (Å²) < 4.78 is 5.55. The quantitative estimate of drug-likeness (QED) is 0.539. The number of amides is 1. The van der Waals surface area contributed by atoms with E-state index in [0.717, 1.165) is 25.7 Å². The molecule has 0 unspecified atom stereocenters. The Bertz CT molecular complexity index is 401. The summed E-state index contributed by atoms with van der Waals surface area (Å²) in [5.41, 5.74) is 6.40. The number of carbonyl (C=O) groups is 1. The maximum absolute atomic E-state index is 12.0. The number of ether oxygens (including phenoxy) is 1. The smallest absolute Gasteiger partial charge is 0.223 e. The number of rotatable bonds is 9. The van der Waals surface area contributed by atoms with Crippen LogP contribution in [0, 0.1) is 5.92 Å². The van der Waals surface area contributed by atoms with Crippen LogP contribution in [-0.2, 0) is 4.79 Å².